The lowest BCUT2D eigenvalue weighted by Crippen LogP contribution is -2.40. The van der Waals surface area contributed by atoms with E-state index in [1.54, 1.807) is 17.0 Å². The molecule has 0 saturated heterocycles. The van der Waals surface area contributed by atoms with E-state index in [0.29, 0.717) is 17.5 Å². The van der Waals surface area contributed by atoms with Crippen LogP contribution in [0.25, 0.3) is 11.2 Å². The van der Waals surface area contributed by atoms with Gasteiger partial charge in [0.2, 0.25) is 0 Å². The van der Waals surface area contributed by atoms with E-state index in [2.05, 4.69) is 36.1 Å². The van der Waals surface area contributed by atoms with Crippen molar-refractivity contribution in [3.63, 3.8) is 0 Å². The third kappa shape index (κ3) is 3.78. The predicted octanol–water partition coefficient (Wildman–Crippen LogP) is 1.50. The highest BCUT2D eigenvalue weighted by atomic mass is 16.3. The molecule has 21 heavy (non-hydrogen) atoms. The first-order valence-corrected chi connectivity index (χ1v) is 6.99. The number of aliphatic hydroxyl groups is 1. The molecule has 1 unspecified atom stereocenters. The lowest BCUT2D eigenvalue weighted by atomic mass is 9.88. The standard InChI is InChI=1S/C15H22N4O2/c1-15(2,3)6-11(8-20)18-14(21)10-5-12-13(16-7-10)19(4)9-17-12/h5,7,9,11,20H,6,8H2,1-4H3,(H,18,21). The van der Waals surface area contributed by atoms with E-state index < -0.39 is 0 Å². The average molecular weight is 290 g/mol. The van der Waals surface area contributed by atoms with Crippen LogP contribution in [0.5, 0.6) is 0 Å². The molecule has 1 atom stereocenters. The first-order valence-electron chi connectivity index (χ1n) is 6.99. The number of fused-ring (bicyclic) bond motifs is 1. The highest BCUT2D eigenvalue weighted by molar-refractivity contribution is 5.96. The summed E-state index contributed by atoms with van der Waals surface area (Å²) in [7, 11) is 1.85. The maximum absolute atomic E-state index is 12.3. The molecule has 0 aliphatic rings. The van der Waals surface area contributed by atoms with Gasteiger partial charge in [0.1, 0.15) is 5.52 Å². The topological polar surface area (TPSA) is 80.0 Å². The maximum Gasteiger partial charge on any atom is 0.253 e. The van der Waals surface area contributed by atoms with E-state index in [9.17, 15) is 9.90 Å². The number of imidazole rings is 1. The summed E-state index contributed by atoms with van der Waals surface area (Å²) in [6.45, 7) is 6.14. The van der Waals surface area contributed by atoms with Gasteiger partial charge in [-0.25, -0.2) is 9.97 Å². The van der Waals surface area contributed by atoms with Crippen molar-refractivity contribution in [2.75, 3.05) is 6.61 Å². The van der Waals surface area contributed by atoms with Crippen molar-refractivity contribution < 1.29 is 9.90 Å². The van der Waals surface area contributed by atoms with E-state index in [-0.39, 0.29) is 24.0 Å². The summed E-state index contributed by atoms with van der Waals surface area (Å²) in [4.78, 5) is 20.7. The van der Waals surface area contributed by atoms with Crippen molar-refractivity contribution in [2.24, 2.45) is 12.5 Å². The zero-order valence-electron chi connectivity index (χ0n) is 12.9. The quantitative estimate of drug-likeness (QED) is 0.894. The fourth-order valence-electron chi connectivity index (χ4n) is 2.31. The average Bonchev–Trinajstić information content (AvgIpc) is 2.77. The molecule has 0 aromatic carbocycles. The van der Waals surface area contributed by atoms with Crippen molar-refractivity contribution in [3.8, 4) is 0 Å². The van der Waals surface area contributed by atoms with Crippen molar-refractivity contribution in [2.45, 2.75) is 33.2 Å². The Morgan fingerprint density at radius 2 is 2.14 bits per heavy atom. The minimum atomic E-state index is -0.267. The van der Waals surface area contributed by atoms with Crippen LogP contribution < -0.4 is 5.32 Å². The summed E-state index contributed by atoms with van der Waals surface area (Å²) in [5, 5.41) is 12.3. The van der Waals surface area contributed by atoms with Crippen LogP contribution in [-0.2, 0) is 7.05 Å². The second kappa shape index (κ2) is 5.81. The third-order valence-corrected chi connectivity index (χ3v) is 3.23. The second-order valence-corrected chi connectivity index (χ2v) is 6.54. The number of nitrogens with one attached hydrogen (secondary N) is 1. The molecule has 0 aliphatic carbocycles. The van der Waals surface area contributed by atoms with E-state index >= 15 is 0 Å². The number of aliphatic hydroxyl groups excluding tert-OH is 1. The van der Waals surface area contributed by atoms with Crippen LogP contribution in [0.2, 0.25) is 0 Å². The lowest BCUT2D eigenvalue weighted by Gasteiger charge is -2.25. The summed E-state index contributed by atoms with van der Waals surface area (Å²) in [5.74, 6) is -0.238. The Hall–Kier alpha value is -1.95. The Labute approximate surface area is 124 Å². The van der Waals surface area contributed by atoms with Crippen LogP contribution in [0.15, 0.2) is 18.6 Å². The minimum Gasteiger partial charge on any atom is -0.394 e. The van der Waals surface area contributed by atoms with E-state index in [1.807, 2.05) is 7.05 Å². The van der Waals surface area contributed by atoms with Crippen LogP contribution in [0.4, 0.5) is 0 Å². The van der Waals surface area contributed by atoms with Crippen LogP contribution in [0.1, 0.15) is 37.6 Å². The normalized spacial score (nSPS) is 13.4. The van der Waals surface area contributed by atoms with Crippen LogP contribution in [-0.4, -0.2) is 38.2 Å². The number of hydrogen-bond donors (Lipinski definition) is 2. The summed E-state index contributed by atoms with van der Waals surface area (Å²) < 4.78 is 1.80. The number of aromatic nitrogens is 3. The molecule has 0 bridgehead atoms. The smallest absolute Gasteiger partial charge is 0.253 e. The number of carbonyl (C=O) groups excluding carboxylic acids is 1. The summed E-state index contributed by atoms with van der Waals surface area (Å²) in [5.41, 5.74) is 1.90. The van der Waals surface area contributed by atoms with Crippen LogP contribution >= 0.6 is 0 Å². The Kier molecular flexibility index (Phi) is 4.27. The van der Waals surface area contributed by atoms with Gasteiger partial charge in [-0.1, -0.05) is 20.8 Å². The van der Waals surface area contributed by atoms with Gasteiger partial charge in [-0.2, -0.15) is 0 Å². The second-order valence-electron chi connectivity index (χ2n) is 6.54. The van der Waals surface area contributed by atoms with E-state index in [0.717, 1.165) is 5.65 Å². The molecule has 114 valence electrons. The zero-order valence-corrected chi connectivity index (χ0v) is 12.9. The highest BCUT2D eigenvalue weighted by Gasteiger charge is 2.20. The molecule has 0 saturated carbocycles. The number of rotatable bonds is 4. The Morgan fingerprint density at radius 1 is 1.43 bits per heavy atom. The fourth-order valence-corrected chi connectivity index (χ4v) is 2.31. The molecule has 2 rings (SSSR count). The van der Waals surface area contributed by atoms with Crippen molar-refractivity contribution in [1.29, 1.82) is 0 Å². The van der Waals surface area contributed by atoms with Gasteiger partial charge in [0.15, 0.2) is 5.65 Å². The molecule has 2 aromatic rings. The molecule has 6 nitrogen and oxygen atoms in total. The van der Waals surface area contributed by atoms with Crippen molar-refractivity contribution in [1.82, 2.24) is 19.9 Å². The SMILES string of the molecule is Cn1cnc2cc(C(=O)NC(CO)CC(C)(C)C)cnc21. The first-order chi connectivity index (χ1) is 9.80. The third-order valence-electron chi connectivity index (χ3n) is 3.23. The highest BCUT2D eigenvalue weighted by Crippen LogP contribution is 2.21. The molecule has 1 amide bonds. The van der Waals surface area contributed by atoms with Gasteiger partial charge >= 0.3 is 0 Å². The molecule has 0 spiro atoms. The largest absolute Gasteiger partial charge is 0.394 e. The Balaban J connectivity index is 2.13. The molecular weight excluding hydrogens is 268 g/mol. The van der Waals surface area contributed by atoms with Gasteiger partial charge in [0, 0.05) is 13.2 Å². The molecular formula is C15H22N4O2. The van der Waals surface area contributed by atoms with Gasteiger partial charge in [-0.15, -0.1) is 0 Å². The molecule has 2 N–H and O–H groups in total. The minimum absolute atomic E-state index is 0.0316. The number of hydrogen-bond acceptors (Lipinski definition) is 4. The first kappa shape index (κ1) is 15.4. The van der Waals surface area contributed by atoms with Gasteiger partial charge in [0.05, 0.1) is 24.5 Å². The number of amides is 1. The zero-order chi connectivity index (χ0) is 15.6. The number of aryl methyl sites for hydroxylation is 1. The summed E-state index contributed by atoms with van der Waals surface area (Å²) in [6.07, 6.45) is 3.90. The maximum atomic E-state index is 12.3. The van der Waals surface area contributed by atoms with Crippen LogP contribution in [0.3, 0.4) is 0 Å². The van der Waals surface area contributed by atoms with E-state index in [1.165, 1.54) is 6.20 Å². The predicted molar refractivity (Wildman–Crippen MR) is 80.9 cm³/mol. The Morgan fingerprint density at radius 3 is 2.76 bits per heavy atom. The monoisotopic (exact) mass is 290 g/mol. The molecule has 0 fully saturated rings. The van der Waals surface area contributed by atoms with Crippen molar-refractivity contribution >= 4 is 17.1 Å². The number of nitrogens with zero attached hydrogens (tertiary/aromatic N) is 3. The number of carbonyl (C=O) groups is 1. The van der Waals surface area contributed by atoms with Gasteiger partial charge in [0.25, 0.3) is 5.91 Å². The molecule has 2 heterocycles. The van der Waals surface area contributed by atoms with E-state index in [4.69, 9.17) is 0 Å². The van der Waals surface area contributed by atoms with Gasteiger partial charge < -0.3 is 15.0 Å². The molecule has 2 aromatic heterocycles. The molecule has 0 aliphatic heterocycles. The fraction of sp³-hybridized carbons (Fsp3) is 0.533. The molecule has 0 radical (unpaired) electrons. The molecule has 6 heteroatoms. The van der Waals surface area contributed by atoms with Crippen LogP contribution in [0, 0.1) is 5.41 Å². The van der Waals surface area contributed by atoms with Gasteiger partial charge in [-0.05, 0) is 17.9 Å². The summed E-state index contributed by atoms with van der Waals surface area (Å²) >= 11 is 0. The summed E-state index contributed by atoms with van der Waals surface area (Å²) in [6, 6.07) is 1.44. The van der Waals surface area contributed by atoms with Crippen molar-refractivity contribution in [3.05, 3.63) is 24.2 Å². The lowest BCUT2D eigenvalue weighted by molar-refractivity contribution is 0.0897. The number of pyridine rings is 1. The van der Waals surface area contributed by atoms with Gasteiger partial charge in [-0.3, -0.25) is 4.79 Å². The Bertz CT molecular complexity index is 643.